The minimum atomic E-state index is 0.345. The molecule has 0 aromatic carbocycles. The summed E-state index contributed by atoms with van der Waals surface area (Å²) in [6.07, 6.45) is 1.06. The number of nitrogens with zero attached hydrogens (tertiary/aromatic N) is 2. The van der Waals surface area contributed by atoms with Crippen LogP contribution in [-0.2, 0) is 0 Å². The average molecular weight is 232 g/mol. The Morgan fingerprint density at radius 2 is 1.94 bits per heavy atom. The van der Waals surface area contributed by atoms with E-state index < -0.39 is 0 Å². The maximum atomic E-state index is 5.73. The van der Waals surface area contributed by atoms with Crippen molar-refractivity contribution < 1.29 is 4.42 Å². The van der Waals surface area contributed by atoms with Gasteiger partial charge in [-0.2, -0.15) is 0 Å². The first-order chi connectivity index (χ1) is 8.02. The van der Waals surface area contributed by atoms with Gasteiger partial charge in [0, 0.05) is 17.9 Å². The van der Waals surface area contributed by atoms with Gasteiger partial charge in [-0.3, -0.25) is 0 Å². The maximum absolute atomic E-state index is 5.73. The van der Waals surface area contributed by atoms with Crippen molar-refractivity contribution in [3.05, 3.63) is 23.3 Å². The van der Waals surface area contributed by atoms with Crippen molar-refractivity contribution in [2.75, 3.05) is 0 Å². The quantitative estimate of drug-likeness (QED) is 0.797. The lowest BCUT2D eigenvalue weighted by Crippen LogP contribution is -2.04. The first-order valence-electron chi connectivity index (χ1n) is 6.30. The molecular formula is C14H20N2O. The molecule has 2 aromatic heterocycles. The number of aromatic nitrogens is 2. The Kier molecular flexibility index (Phi) is 3.18. The topological polar surface area (TPSA) is 38.9 Å². The van der Waals surface area contributed by atoms with Crippen LogP contribution in [0.5, 0.6) is 0 Å². The smallest absolute Gasteiger partial charge is 0.174 e. The fourth-order valence-electron chi connectivity index (χ4n) is 1.88. The van der Waals surface area contributed by atoms with E-state index in [-0.39, 0.29) is 0 Å². The van der Waals surface area contributed by atoms with Crippen molar-refractivity contribution in [1.82, 2.24) is 9.97 Å². The summed E-state index contributed by atoms with van der Waals surface area (Å²) in [6, 6.07) is 1.99. The second-order valence-electron chi connectivity index (χ2n) is 5.00. The molecule has 0 fully saturated rings. The van der Waals surface area contributed by atoms with Gasteiger partial charge in [0.1, 0.15) is 17.1 Å². The molecule has 0 N–H and O–H groups in total. The van der Waals surface area contributed by atoms with E-state index in [9.17, 15) is 0 Å². The van der Waals surface area contributed by atoms with Gasteiger partial charge in [-0.25, -0.2) is 9.97 Å². The highest BCUT2D eigenvalue weighted by Gasteiger charge is 2.17. The lowest BCUT2D eigenvalue weighted by atomic mass is 10.0. The van der Waals surface area contributed by atoms with E-state index >= 15 is 0 Å². The van der Waals surface area contributed by atoms with Gasteiger partial charge >= 0.3 is 0 Å². The standard InChI is InChI=1S/C14H20N2O/c1-6-9(4)12-13-11(7-10(5)17-13)15-14(16-12)8(2)3/h7-9H,6H2,1-5H3. The first kappa shape index (κ1) is 12.1. The summed E-state index contributed by atoms with van der Waals surface area (Å²) >= 11 is 0. The Balaban J connectivity index is 2.68. The van der Waals surface area contributed by atoms with Crippen LogP contribution in [0.2, 0.25) is 0 Å². The van der Waals surface area contributed by atoms with Crippen molar-refractivity contribution in [3.8, 4) is 0 Å². The molecule has 0 aliphatic rings. The third kappa shape index (κ3) is 2.19. The van der Waals surface area contributed by atoms with E-state index in [1.54, 1.807) is 0 Å². The van der Waals surface area contributed by atoms with Crippen LogP contribution in [0, 0.1) is 6.92 Å². The maximum Gasteiger partial charge on any atom is 0.174 e. The molecule has 0 amide bonds. The Hall–Kier alpha value is -1.38. The molecule has 0 saturated carbocycles. The number of hydrogen-bond acceptors (Lipinski definition) is 3. The van der Waals surface area contributed by atoms with Gasteiger partial charge in [0.2, 0.25) is 0 Å². The molecule has 3 heteroatoms. The van der Waals surface area contributed by atoms with Gasteiger partial charge in [-0.05, 0) is 13.3 Å². The zero-order valence-electron chi connectivity index (χ0n) is 11.2. The second-order valence-corrected chi connectivity index (χ2v) is 5.00. The van der Waals surface area contributed by atoms with Crippen molar-refractivity contribution in [1.29, 1.82) is 0 Å². The minimum absolute atomic E-state index is 0.345. The largest absolute Gasteiger partial charge is 0.458 e. The van der Waals surface area contributed by atoms with Crippen LogP contribution in [0.4, 0.5) is 0 Å². The zero-order chi connectivity index (χ0) is 12.6. The van der Waals surface area contributed by atoms with E-state index in [4.69, 9.17) is 4.42 Å². The third-order valence-corrected chi connectivity index (χ3v) is 3.13. The number of fused-ring (bicyclic) bond motifs is 1. The molecule has 1 unspecified atom stereocenters. The highest BCUT2D eigenvalue weighted by molar-refractivity contribution is 5.76. The molecule has 3 nitrogen and oxygen atoms in total. The summed E-state index contributed by atoms with van der Waals surface area (Å²) in [4.78, 5) is 9.25. The highest BCUT2D eigenvalue weighted by Crippen LogP contribution is 2.28. The van der Waals surface area contributed by atoms with E-state index in [2.05, 4.69) is 37.7 Å². The summed E-state index contributed by atoms with van der Waals surface area (Å²) in [5.41, 5.74) is 2.85. The van der Waals surface area contributed by atoms with Gasteiger partial charge in [-0.1, -0.05) is 27.7 Å². The molecule has 0 bridgehead atoms. The van der Waals surface area contributed by atoms with Crippen LogP contribution in [0.15, 0.2) is 10.5 Å². The molecule has 0 spiro atoms. The predicted octanol–water partition coefficient (Wildman–Crippen LogP) is 4.17. The lowest BCUT2D eigenvalue weighted by molar-refractivity contribution is 0.560. The van der Waals surface area contributed by atoms with Crippen molar-refractivity contribution in [3.63, 3.8) is 0 Å². The molecule has 17 heavy (non-hydrogen) atoms. The molecule has 92 valence electrons. The van der Waals surface area contributed by atoms with Crippen LogP contribution < -0.4 is 0 Å². The van der Waals surface area contributed by atoms with E-state index in [0.29, 0.717) is 11.8 Å². The highest BCUT2D eigenvalue weighted by atomic mass is 16.3. The zero-order valence-corrected chi connectivity index (χ0v) is 11.2. The normalized spacial score (nSPS) is 13.5. The number of aryl methyl sites for hydroxylation is 1. The summed E-state index contributed by atoms with van der Waals surface area (Å²) in [5, 5.41) is 0. The molecule has 0 radical (unpaired) electrons. The first-order valence-corrected chi connectivity index (χ1v) is 6.30. The average Bonchev–Trinajstić information content (AvgIpc) is 2.66. The third-order valence-electron chi connectivity index (χ3n) is 3.13. The van der Waals surface area contributed by atoms with E-state index in [1.807, 2.05) is 13.0 Å². The molecule has 2 aromatic rings. The molecule has 0 aliphatic carbocycles. The molecule has 2 heterocycles. The summed E-state index contributed by atoms with van der Waals surface area (Å²) < 4.78 is 5.73. The molecule has 0 saturated heterocycles. The Morgan fingerprint density at radius 3 is 2.53 bits per heavy atom. The summed E-state index contributed by atoms with van der Waals surface area (Å²) in [7, 11) is 0. The predicted molar refractivity (Wildman–Crippen MR) is 69.3 cm³/mol. The summed E-state index contributed by atoms with van der Waals surface area (Å²) in [5.74, 6) is 2.56. The number of furan rings is 1. The van der Waals surface area contributed by atoms with Crippen molar-refractivity contribution in [2.24, 2.45) is 0 Å². The van der Waals surface area contributed by atoms with Crippen molar-refractivity contribution >= 4 is 11.1 Å². The second kappa shape index (κ2) is 4.47. The van der Waals surface area contributed by atoms with Crippen molar-refractivity contribution in [2.45, 2.75) is 52.9 Å². The van der Waals surface area contributed by atoms with Crippen LogP contribution in [-0.4, -0.2) is 9.97 Å². The number of rotatable bonds is 3. The monoisotopic (exact) mass is 232 g/mol. The lowest BCUT2D eigenvalue weighted by Gasteiger charge is -2.11. The van der Waals surface area contributed by atoms with Crippen LogP contribution in [0.3, 0.4) is 0 Å². The molecular weight excluding hydrogens is 212 g/mol. The van der Waals surface area contributed by atoms with Gasteiger partial charge < -0.3 is 4.42 Å². The summed E-state index contributed by atoms with van der Waals surface area (Å²) in [6.45, 7) is 10.5. The van der Waals surface area contributed by atoms with Gasteiger partial charge in [0.05, 0.1) is 5.69 Å². The van der Waals surface area contributed by atoms with E-state index in [1.165, 1.54) is 0 Å². The molecule has 2 rings (SSSR count). The fraction of sp³-hybridized carbons (Fsp3) is 0.571. The van der Waals surface area contributed by atoms with Crippen LogP contribution in [0.25, 0.3) is 11.1 Å². The Morgan fingerprint density at radius 1 is 1.24 bits per heavy atom. The number of hydrogen-bond donors (Lipinski definition) is 0. The fourth-order valence-corrected chi connectivity index (χ4v) is 1.88. The SMILES string of the molecule is CCC(C)c1nc(C(C)C)nc2cc(C)oc12. The molecule has 1 atom stereocenters. The molecule has 0 aliphatic heterocycles. The Labute approximate surface area is 102 Å². The van der Waals surface area contributed by atoms with Gasteiger partial charge in [0.25, 0.3) is 0 Å². The Bertz CT molecular complexity index is 528. The van der Waals surface area contributed by atoms with Gasteiger partial charge in [-0.15, -0.1) is 0 Å². The van der Waals surface area contributed by atoms with Gasteiger partial charge in [0.15, 0.2) is 5.58 Å². The minimum Gasteiger partial charge on any atom is -0.458 e. The van der Waals surface area contributed by atoms with Crippen LogP contribution >= 0.6 is 0 Å². The van der Waals surface area contributed by atoms with Crippen LogP contribution in [0.1, 0.15) is 63.2 Å². The van der Waals surface area contributed by atoms with E-state index in [0.717, 1.165) is 34.8 Å².